The minimum Gasteiger partial charge on any atom is -0.353 e. The molecule has 1 atom stereocenters. The molecule has 0 fully saturated rings. The number of halogens is 1. The van der Waals surface area contributed by atoms with Crippen molar-refractivity contribution in [2.24, 2.45) is 0 Å². The summed E-state index contributed by atoms with van der Waals surface area (Å²) in [5.74, 6) is -0.724. The molecule has 6 nitrogen and oxygen atoms in total. The molecule has 0 aliphatic carbocycles. The van der Waals surface area contributed by atoms with Gasteiger partial charge in [-0.2, -0.15) is 0 Å². The number of hydrogen-bond donors (Lipinski definition) is 3. The van der Waals surface area contributed by atoms with E-state index in [0.29, 0.717) is 23.1 Å². The van der Waals surface area contributed by atoms with Crippen LogP contribution in [0.2, 0.25) is 0 Å². The number of nitrogens with zero attached hydrogens (tertiary/aromatic N) is 2. The van der Waals surface area contributed by atoms with Crippen LogP contribution in [-0.2, 0) is 6.42 Å². The summed E-state index contributed by atoms with van der Waals surface area (Å²) in [5, 5.41) is 15.4. The number of hydrogen-bond acceptors (Lipinski definition) is 5. The summed E-state index contributed by atoms with van der Waals surface area (Å²) >= 11 is 0. The molecule has 1 aliphatic heterocycles. The number of amides is 1. The van der Waals surface area contributed by atoms with Crippen LogP contribution in [0.1, 0.15) is 15.9 Å². The van der Waals surface area contributed by atoms with Crippen molar-refractivity contribution >= 4 is 30.9 Å². The zero-order valence-electron chi connectivity index (χ0n) is 15.4. The van der Waals surface area contributed by atoms with E-state index in [4.69, 9.17) is 0 Å². The van der Waals surface area contributed by atoms with Crippen molar-refractivity contribution in [2.75, 3.05) is 16.9 Å². The number of benzene rings is 3. The van der Waals surface area contributed by atoms with Crippen molar-refractivity contribution in [1.82, 2.24) is 4.94 Å². The number of hydrazine groups is 1. The molecule has 0 radical (unpaired) electrons. The molecule has 1 unspecified atom stereocenters. The molecule has 3 N–H and O–H groups in total. The lowest BCUT2D eigenvalue weighted by molar-refractivity contribution is -0.00931. The van der Waals surface area contributed by atoms with Crippen LogP contribution in [-0.4, -0.2) is 27.5 Å². The molecule has 4 rings (SSSR count). The van der Waals surface area contributed by atoms with Crippen LogP contribution in [0.3, 0.4) is 0 Å². The third kappa shape index (κ3) is 4.13. The Kier molecular flexibility index (Phi) is 5.56. The molecule has 8 heteroatoms. The third-order valence-electron chi connectivity index (χ3n) is 4.71. The van der Waals surface area contributed by atoms with Crippen LogP contribution in [0.4, 0.5) is 15.8 Å². The van der Waals surface area contributed by atoms with E-state index in [1.165, 1.54) is 24.3 Å². The predicted octanol–water partition coefficient (Wildman–Crippen LogP) is 3.68. The van der Waals surface area contributed by atoms with Crippen LogP contribution in [0, 0.1) is 5.82 Å². The number of carbonyl (C=O) groups excluding carboxylic acids is 1. The van der Waals surface area contributed by atoms with Gasteiger partial charge in [-0.05, 0) is 59.4 Å². The van der Waals surface area contributed by atoms with Gasteiger partial charge in [-0.15, -0.1) is 0 Å². The van der Waals surface area contributed by atoms with Crippen LogP contribution in [0.15, 0.2) is 72.8 Å². The van der Waals surface area contributed by atoms with E-state index in [1.807, 2.05) is 24.3 Å². The van der Waals surface area contributed by atoms with Crippen LogP contribution in [0.5, 0.6) is 0 Å². The lowest BCUT2D eigenvalue weighted by Gasteiger charge is -2.31. The average Bonchev–Trinajstić information content (AvgIpc) is 3.18. The van der Waals surface area contributed by atoms with Crippen molar-refractivity contribution in [2.45, 2.75) is 6.42 Å². The van der Waals surface area contributed by atoms with E-state index in [0.717, 1.165) is 22.6 Å². The zero-order chi connectivity index (χ0) is 20.4. The molecule has 0 bridgehead atoms. The Hall–Kier alpha value is -2.83. The molecule has 148 valence electrons. The van der Waals surface area contributed by atoms with Crippen LogP contribution in [0.25, 0.3) is 0 Å². The molecule has 29 heavy (non-hydrogen) atoms. The molecule has 1 heterocycles. The Morgan fingerprint density at radius 2 is 1.72 bits per heavy atom. The van der Waals surface area contributed by atoms with E-state index in [1.54, 1.807) is 29.3 Å². The monoisotopic (exact) mass is 411 g/mol. The molecule has 1 amide bonds. The molecule has 3 aromatic rings. The van der Waals surface area contributed by atoms with E-state index in [2.05, 4.69) is 5.32 Å². The maximum Gasteiger partial charge on any atom is 0.255 e. The summed E-state index contributed by atoms with van der Waals surface area (Å²) in [6.07, 6.45) is 0.791. The fraction of sp³-hybridized carbons (Fsp3) is 0.0952. The molecular formula is C21H19FN3O3P. The second kappa shape index (κ2) is 8.27. The van der Waals surface area contributed by atoms with Gasteiger partial charge in [0.15, 0.2) is 8.30 Å². The van der Waals surface area contributed by atoms with Gasteiger partial charge >= 0.3 is 0 Å². The normalized spacial score (nSPS) is 14.0. The summed E-state index contributed by atoms with van der Waals surface area (Å²) in [6.45, 7) is 0.577. The van der Waals surface area contributed by atoms with Crippen molar-refractivity contribution in [3.05, 3.63) is 89.7 Å². The summed E-state index contributed by atoms with van der Waals surface area (Å²) < 4.78 is 13.0. The average molecular weight is 411 g/mol. The second-order valence-corrected chi connectivity index (χ2v) is 8.02. The van der Waals surface area contributed by atoms with Gasteiger partial charge < -0.3 is 10.2 Å². The molecule has 0 saturated heterocycles. The smallest absolute Gasteiger partial charge is 0.255 e. The highest BCUT2D eigenvalue weighted by molar-refractivity contribution is 7.57. The molecule has 0 saturated carbocycles. The van der Waals surface area contributed by atoms with Gasteiger partial charge in [0.25, 0.3) is 5.91 Å². The Labute approximate surface area is 168 Å². The van der Waals surface area contributed by atoms with Gasteiger partial charge in [-0.3, -0.25) is 15.0 Å². The minimum atomic E-state index is -2.01. The number of anilines is 2. The maximum absolute atomic E-state index is 13.0. The van der Waals surface area contributed by atoms with Gasteiger partial charge in [-0.25, -0.2) is 4.39 Å². The Morgan fingerprint density at radius 3 is 2.45 bits per heavy atom. The lowest BCUT2D eigenvalue weighted by Crippen LogP contribution is -2.37. The van der Waals surface area contributed by atoms with Gasteiger partial charge in [0, 0.05) is 23.1 Å². The van der Waals surface area contributed by atoms with E-state index >= 15 is 0 Å². The molecule has 3 aromatic carbocycles. The lowest BCUT2D eigenvalue weighted by atomic mass is 10.2. The quantitative estimate of drug-likeness (QED) is 0.441. The first-order valence-electron chi connectivity index (χ1n) is 9.03. The largest absolute Gasteiger partial charge is 0.353 e. The highest BCUT2D eigenvalue weighted by atomic mass is 31.2. The number of carbonyl (C=O) groups is 1. The first-order chi connectivity index (χ1) is 14.0. The second-order valence-electron chi connectivity index (χ2n) is 6.57. The summed E-state index contributed by atoms with van der Waals surface area (Å²) in [5.41, 5.74) is 2.85. The number of fused-ring (bicyclic) bond motifs is 1. The molecule has 0 spiro atoms. The Balaban J connectivity index is 1.44. The van der Waals surface area contributed by atoms with Gasteiger partial charge in [0.05, 0.1) is 5.69 Å². The first-order valence-corrected chi connectivity index (χ1v) is 10.3. The van der Waals surface area contributed by atoms with E-state index < -0.39 is 8.30 Å². The molecule has 0 aromatic heterocycles. The Morgan fingerprint density at radius 1 is 1.03 bits per heavy atom. The molecule has 1 aliphatic rings. The number of para-hydroxylation sites is 1. The molecular weight excluding hydrogens is 392 g/mol. The van der Waals surface area contributed by atoms with E-state index in [9.17, 15) is 19.3 Å². The van der Waals surface area contributed by atoms with Crippen molar-refractivity contribution in [3.8, 4) is 0 Å². The fourth-order valence-electron chi connectivity index (χ4n) is 3.19. The van der Waals surface area contributed by atoms with Crippen LogP contribution < -0.4 is 15.6 Å². The third-order valence-corrected chi connectivity index (χ3v) is 6.03. The number of rotatable bonds is 5. The maximum atomic E-state index is 13.0. The minimum absolute atomic E-state index is 0.347. The standard InChI is InChI=1S/C21H19FN3O3P/c22-17-7-9-18(10-8-17)23-21(26)16-5-11-19(12-6-16)29(28)25(27)24-14-13-15-3-1-2-4-20(15)24/h1-12,27-28H,13-14H2,(H,23,26). The van der Waals surface area contributed by atoms with Gasteiger partial charge in [0.1, 0.15) is 5.82 Å². The SMILES string of the molecule is O=C(Nc1ccc(F)cc1)c1ccc(P(O)N(O)N2CCc3ccccc32)cc1. The van der Waals surface area contributed by atoms with Crippen molar-refractivity contribution < 1.29 is 19.3 Å². The van der Waals surface area contributed by atoms with Gasteiger partial charge in [-0.1, -0.05) is 30.3 Å². The predicted molar refractivity (Wildman–Crippen MR) is 111 cm³/mol. The topological polar surface area (TPSA) is 76.0 Å². The first kappa shape index (κ1) is 19.5. The summed E-state index contributed by atoms with van der Waals surface area (Å²) in [7, 11) is -2.01. The van der Waals surface area contributed by atoms with Crippen molar-refractivity contribution in [1.29, 1.82) is 0 Å². The van der Waals surface area contributed by atoms with Crippen LogP contribution >= 0.6 is 8.30 Å². The highest BCUT2D eigenvalue weighted by Gasteiger charge is 2.29. The zero-order valence-corrected chi connectivity index (χ0v) is 16.3. The van der Waals surface area contributed by atoms with E-state index in [-0.39, 0.29) is 11.7 Å². The summed E-state index contributed by atoms with van der Waals surface area (Å²) in [6, 6.07) is 19.6. The van der Waals surface area contributed by atoms with Gasteiger partial charge in [0.2, 0.25) is 0 Å². The highest BCUT2D eigenvalue weighted by Crippen LogP contribution is 2.39. The fourth-order valence-corrected chi connectivity index (χ4v) is 4.21. The summed E-state index contributed by atoms with van der Waals surface area (Å²) in [4.78, 5) is 23.8. The number of nitrogens with one attached hydrogen (secondary N) is 1. The Bertz CT molecular complexity index is 1010. The van der Waals surface area contributed by atoms with Crippen molar-refractivity contribution in [3.63, 3.8) is 0 Å².